The maximum atomic E-state index is 12.1. The number of amides is 2. The van der Waals surface area contributed by atoms with Crippen molar-refractivity contribution in [3.63, 3.8) is 0 Å². The summed E-state index contributed by atoms with van der Waals surface area (Å²) in [6.07, 6.45) is 1.48. The fraction of sp³-hybridized carbons (Fsp3) is 0.125. The van der Waals surface area contributed by atoms with Gasteiger partial charge < -0.3 is 14.8 Å². The molecule has 0 bridgehead atoms. The molecule has 3 aromatic carbocycles. The molecular weight excluding hydrogens is 430 g/mol. The number of halogens is 1. The van der Waals surface area contributed by atoms with Gasteiger partial charge in [0.25, 0.3) is 11.8 Å². The Balaban J connectivity index is 1.51. The van der Waals surface area contributed by atoms with Crippen LogP contribution in [0.2, 0.25) is 5.02 Å². The molecule has 0 fully saturated rings. The van der Waals surface area contributed by atoms with Crippen molar-refractivity contribution in [1.29, 1.82) is 0 Å². The van der Waals surface area contributed by atoms with Crippen molar-refractivity contribution in [3.05, 3.63) is 94.5 Å². The maximum Gasteiger partial charge on any atom is 0.259 e. The molecule has 7 nitrogen and oxygen atoms in total. The van der Waals surface area contributed by atoms with E-state index in [1.165, 1.54) is 12.3 Å². The lowest BCUT2D eigenvalue weighted by Gasteiger charge is -2.10. The van der Waals surface area contributed by atoms with E-state index in [4.69, 9.17) is 21.1 Å². The van der Waals surface area contributed by atoms with Crippen molar-refractivity contribution in [1.82, 2.24) is 10.7 Å². The molecule has 0 aliphatic rings. The molecule has 32 heavy (non-hydrogen) atoms. The SMILES string of the molecule is COc1cccc(COc2ccccc2/C=N/NC(=O)CNC(=O)c2cccc(Cl)c2)c1. The average molecular weight is 452 g/mol. The van der Waals surface area contributed by atoms with E-state index >= 15 is 0 Å². The van der Waals surface area contributed by atoms with Gasteiger partial charge in [0.05, 0.1) is 19.9 Å². The van der Waals surface area contributed by atoms with Gasteiger partial charge in [-0.05, 0) is 48.0 Å². The molecule has 8 heteroatoms. The highest BCUT2D eigenvalue weighted by Gasteiger charge is 2.08. The van der Waals surface area contributed by atoms with Crippen molar-refractivity contribution in [3.8, 4) is 11.5 Å². The van der Waals surface area contributed by atoms with E-state index in [1.54, 1.807) is 25.3 Å². The molecule has 0 radical (unpaired) electrons. The standard InChI is InChI=1S/C24H22ClN3O4/c1-31-21-10-4-6-17(12-21)16-32-22-11-3-2-7-19(22)14-27-28-23(29)15-26-24(30)18-8-5-9-20(25)13-18/h2-14H,15-16H2,1H3,(H,26,30)(H,28,29)/b27-14+. The number of nitrogens with one attached hydrogen (secondary N) is 2. The number of hydrogen-bond acceptors (Lipinski definition) is 5. The minimum atomic E-state index is -0.466. The van der Waals surface area contributed by atoms with E-state index in [9.17, 15) is 9.59 Å². The molecule has 3 aromatic rings. The van der Waals surface area contributed by atoms with Crippen LogP contribution in [0.1, 0.15) is 21.5 Å². The highest BCUT2D eigenvalue weighted by molar-refractivity contribution is 6.31. The van der Waals surface area contributed by atoms with Crippen LogP contribution in [-0.2, 0) is 11.4 Å². The van der Waals surface area contributed by atoms with E-state index in [-0.39, 0.29) is 6.54 Å². The third-order valence-electron chi connectivity index (χ3n) is 4.34. The molecule has 0 aliphatic carbocycles. The van der Waals surface area contributed by atoms with Crippen molar-refractivity contribution in [2.24, 2.45) is 5.10 Å². The number of hydrogen-bond donors (Lipinski definition) is 2. The first-order valence-corrected chi connectivity index (χ1v) is 10.1. The summed E-state index contributed by atoms with van der Waals surface area (Å²) in [5, 5.41) is 6.91. The quantitative estimate of drug-likeness (QED) is 0.382. The summed E-state index contributed by atoms with van der Waals surface area (Å²) in [5.74, 6) is 0.503. The zero-order chi connectivity index (χ0) is 22.8. The molecule has 0 atom stereocenters. The minimum absolute atomic E-state index is 0.226. The highest BCUT2D eigenvalue weighted by Crippen LogP contribution is 2.19. The molecular formula is C24H22ClN3O4. The first-order chi connectivity index (χ1) is 15.5. The summed E-state index contributed by atoms with van der Waals surface area (Å²) in [5.41, 5.74) is 4.41. The van der Waals surface area contributed by atoms with Crippen LogP contribution in [0.5, 0.6) is 11.5 Å². The monoisotopic (exact) mass is 451 g/mol. The number of carbonyl (C=O) groups excluding carboxylic acids is 2. The third-order valence-corrected chi connectivity index (χ3v) is 4.57. The lowest BCUT2D eigenvalue weighted by atomic mass is 10.2. The summed E-state index contributed by atoms with van der Waals surface area (Å²) in [6, 6.07) is 21.4. The highest BCUT2D eigenvalue weighted by atomic mass is 35.5. The summed E-state index contributed by atoms with van der Waals surface area (Å²) in [6.45, 7) is 0.126. The van der Waals surface area contributed by atoms with Crippen molar-refractivity contribution in [2.75, 3.05) is 13.7 Å². The fourth-order valence-corrected chi connectivity index (χ4v) is 2.94. The van der Waals surface area contributed by atoms with Gasteiger partial charge in [0, 0.05) is 16.1 Å². The zero-order valence-corrected chi connectivity index (χ0v) is 18.1. The summed E-state index contributed by atoms with van der Waals surface area (Å²) >= 11 is 5.87. The van der Waals surface area contributed by atoms with Crippen molar-refractivity contribution < 1.29 is 19.1 Å². The van der Waals surface area contributed by atoms with Gasteiger partial charge in [-0.1, -0.05) is 41.9 Å². The summed E-state index contributed by atoms with van der Waals surface area (Å²) in [7, 11) is 1.61. The summed E-state index contributed by atoms with van der Waals surface area (Å²) in [4.78, 5) is 24.0. The van der Waals surface area contributed by atoms with Crippen LogP contribution in [-0.4, -0.2) is 31.7 Å². The normalized spacial score (nSPS) is 10.6. The van der Waals surface area contributed by atoms with Gasteiger partial charge >= 0.3 is 0 Å². The van der Waals surface area contributed by atoms with Crippen LogP contribution >= 0.6 is 11.6 Å². The predicted octanol–water partition coefficient (Wildman–Crippen LogP) is 3.81. The van der Waals surface area contributed by atoms with Gasteiger partial charge in [0.2, 0.25) is 0 Å². The van der Waals surface area contributed by atoms with Crippen LogP contribution < -0.4 is 20.2 Å². The Morgan fingerprint density at radius 1 is 1.03 bits per heavy atom. The number of para-hydroxylation sites is 1. The first-order valence-electron chi connectivity index (χ1n) is 9.75. The molecule has 3 rings (SSSR count). The predicted molar refractivity (Wildman–Crippen MR) is 123 cm³/mol. The van der Waals surface area contributed by atoms with E-state index in [0.29, 0.717) is 28.5 Å². The second-order valence-corrected chi connectivity index (χ2v) is 7.10. The van der Waals surface area contributed by atoms with Crippen LogP contribution in [0.4, 0.5) is 0 Å². The fourth-order valence-electron chi connectivity index (χ4n) is 2.75. The van der Waals surface area contributed by atoms with Crippen LogP contribution in [0, 0.1) is 0 Å². The number of methoxy groups -OCH3 is 1. The molecule has 0 aliphatic heterocycles. The third kappa shape index (κ3) is 6.85. The number of carbonyl (C=O) groups is 2. The second kappa shape index (κ2) is 11.5. The maximum absolute atomic E-state index is 12.1. The Bertz CT molecular complexity index is 1120. The van der Waals surface area contributed by atoms with Crippen LogP contribution in [0.25, 0.3) is 0 Å². The second-order valence-electron chi connectivity index (χ2n) is 6.66. The molecule has 0 aromatic heterocycles. The Morgan fingerprint density at radius 2 is 1.84 bits per heavy atom. The van der Waals surface area contributed by atoms with Gasteiger partial charge in [-0.25, -0.2) is 5.43 Å². The molecule has 0 unspecified atom stereocenters. The van der Waals surface area contributed by atoms with Gasteiger partial charge in [0.1, 0.15) is 18.1 Å². The van der Waals surface area contributed by atoms with Crippen molar-refractivity contribution >= 4 is 29.6 Å². The van der Waals surface area contributed by atoms with E-state index in [2.05, 4.69) is 15.8 Å². The minimum Gasteiger partial charge on any atom is -0.497 e. The van der Waals surface area contributed by atoms with Gasteiger partial charge in [-0.2, -0.15) is 5.10 Å². The van der Waals surface area contributed by atoms with E-state index in [1.807, 2.05) is 48.5 Å². The Morgan fingerprint density at radius 3 is 2.66 bits per heavy atom. The molecule has 2 N–H and O–H groups in total. The van der Waals surface area contributed by atoms with Gasteiger partial charge in [-0.3, -0.25) is 9.59 Å². The van der Waals surface area contributed by atoms with Crippen molar-refractivity contribution in [2.45, 2.75) is 6.61 Å². The number of rotatable bonds is 9. The molecule has 0 spiro atoms. The number of benzene rings is 3. The summed E-state index contributed by atoms with van der Waals surface area (Å²) < 4.78 is 11.1. The smallest absolute Gasteiger partial charge is 0.259 e. The Labute approximate surface area is 191 Å². The number of nitrogens with zero attached hydrogens (tertiary/aromatic N) is 1. The number of hydrazone groups is 1. The lowest BCUT2D eigenvalue weighted by molar-refractivity contribution is -0.120. The van der Waals surface area contributed by atoms with Gasteiger partial charge in [0.15, 0.2) is 0 Å². The molecule has 0 saturated heterocycles. The first kappa shape index (κ1) is 22.8. The Hall–Kier alpha value is -3.84. The lowest BCUT2D eigenvalue weighted by Crippen LogP contribution is -2.34. The molecule has 2 amide bonds. The molecule has 164 valence electrons. The average Bonchev–Trinajstić information content (AvgIpc) is 2.82. The van der Waals surface area contributed by atoms with Crippen LogP contribution in [0.15, 0.2) is 77.9 Å². The van der Waals surface area contributed by atoms with E-state index < -0.39 is 11.8 Å². The molecule has 0 saturated carbocycles. The topological polar surface area (TPSA) is 89.0 Å². The Kier molecular flexibility index (Phi) is 8.22. The molecule has 0 heterocycles. The zero-order valence-electron chi connectivity index (χ0n) is 17.4. The largest absolute Gasteiger partial charge is 0.497 e. The van der Waals surface area contributed by atoms with E-state index in [0.717, 1.165) is 11.3 Å². The van der Waals surface area contributed by atoms with Gasteiger partial charge in [-0.15, -0.1) is 0 Å². The van der Waals surface area contributed by atoms with Crippen LogP contribution in [0.3, 0.4) is 0 Å². The number of ether oxygens (including phenoxy) is 2.